The van der Waals surface area contributed by atoms with Gasteiger partial charge in [-0.2, -0.15) is 0 Å². The molecule has 4 aliphatic carbocycles. The number of nitrogens with two attached hydrogens (primary N) is 1. The molecule has 0 radical (unpaired) electrons. The summed E-state index contributed by atoms with van der Waals surface area (Å²) in [7, 11) is 0. The Morgan fingerprint density at radius 1 is 0.692 bits per heavy atom. The van der Waals surface area contributed by atoms with Gasteiger partial charge >= 0.3 is 12.2 Å². The van der Waals surface area contributed by atoms with E-state index in [0.717, 1.165) is 70.2 Å². The fourth-order valence-electron chi connectivity index (χ4n) is 19.5. The molecule has 15 bridgehead atoms. The van der Waals surface area contributed by atoms with Crippen molar-refractivity contribution in [2.24, 2.45) is 41.2 Å². The van der Waals surface area contributed by atoms with Crippen LogP contribution in [0.3, 0.4) is 0 Å². The van der Waals surface area contributed by atoms with Crippen LogP contribution in [0.2, 0.25) is 10.0 Å². The Kier molecular flexibility index (Phi) is 28.7. The normalized spacial score (nSPS) is 31.2. The van der Waals surface area contributed by atoms with Crippen molar-refractivity contribution in [2.45, 2.75) is 273 Å². The Morgan fingerprint density at radius 2 is 1.32 bits per heavy atom. The number of hydrogen-bond donors (Lipinski definition) is 18. The zero-order valence-electron chi connectivity index (χ0n) is 74.2. The van der Waals surface area contributed by atoms with E-state index in [9.17, 15) is 60.3 Å². The molecule has 0 spiro atoms. The quantitative estimate of drug-likeness (QED) is 0.0432. The number of Topliss-reactive ketones (excluding diaryl/α,β-unsaturated/α-hetero) is 1. The number of amides is 9. The fourth-order valence-corrected chi connectivity index (χ4v) is 20.0. The number of carbonyl (C=O) groups excluding carboxylic acids is 10. The number of rotatable bonds is 17. The van der Waals surface area contributed by atoms with Crippen molar-refractivity contribution in [2.75, 3.05) is 19.8 Å². The molecule has 11 aliphatic rings. The molecule has 4 saturated carbocycles. The number of ketones is 1. The van der Waals surface area contributed by atoms with Gasteiger partial charge in [-0.05, 0) is 226 Å². The Balaban J connectivity index is 1.02. The van der Waals surface area contributed by atoms with Crippen LogP contribution in [0.5, 0.6) is 46.0 Å². The second-order valence-corrected chi connectivity index (χ2v) is 39.5. The van der Waals surface area contributed by atoms with Gasteiger partial charge in [0.1, 0.15) is 87.6 Å². The van der Waals surface area contributed by atoms with E-state index >= 15 is 33.6 Å². The molecule has 38 heteroatoms. The number of phenols is 3. The summed E-state index contributed by atoms with van der Waals surface area (Å²) < 4.78 is 50.9. The summed E-state index contributed by atoms with van der Waals surface area (Å²) in [5.74, 6) is -16.6. The van der Waals surface area contributed by atoms with Crippen molar-refractivity contribution in [1.82, 2.24) is 42.5 Å². The van der Waals surface area contributed by atoms with Gasteiger partial charge in [-0.3, -0.25) is 38.4 Å². The van der Waals surface area contributed by atoms with E-state index < -0.39 is 269 Å². The predicted molar refractivity (Wildman–Crippen MR) is 466 cm³/mol. The van der Waals surface area contributed by atoms with E-state index in [1.54, 1.807) is 55.4 Å². The molecule has 16 rings (SSSR count). The molecule has 7 heterocycles. The molecule has 2 saturated heterocycles. The van der Waals surface area contributed by atoms with Crippen LogP contribution in [0.4, 0.5) is 9.59 Å². The molecule has 7 aliphatic heterocycles. The summed E-state index contributed by atoms with van der Waals surface area (Å²) in [5, 5.41) is 130. The standard InChI is InChI=1S/C92H117Cl2N9O27/c1-40(2)21-49(37-96-86(120)129-88(4,5)6)80(115)102-91(11)85(119)98-59(35-68(95)110)82(117)101-73-48-29-65(77(66(30-48)125-64-19-15-50(31-57(64)94)92(91,12)122)128-84-78(76(113)75(112)67(39-105)126-84)127-70-36-90(10,79(114)41(3)123-70)103-87(121)130-89(7,8)9)124-63-18-14-44(28-56(63)93)55(38-104)74-62(109)34-53(81(116)100-72-46-23-42-22-43(25-46)26-47(72)24-42)52-32-51(106)33-61(108)71(52)54-27-45(13-17-60(54)107)58(97-83(73)118)16-20-69(111)99-74/h13-15,17-19,27-33,40-43,46-47,49,53,55,58-59,67,70,72-76,78-79,84,104-108,112-114,122H,16,20-26,34-39H2,1-12H3,(H2,95,110)(H,96,120)(H,97,118)(H,98,119)(H,99,111)(H,100,116)(H,101,117)(H,102,115)(H,103,121). The number of carbonyl (C=O) groups is 10. The minimum Gasteiger partial charge on any atom is -0.508 e. The summed E-state index contributed by atoms with van der Waals surface area (Å²) in [5.41, 5.74) is -4.28. The van der Waals surface area contributed by atoms with Gasteiger partial charge in [0.05, 0.1) is 65.2 Å². The number of ether oxygens (including phenoxy) is 8. The molecular formula is C92H117Cl2N9O27. The number of phenolic OH excluding ortho intramolecular Hbond substituents is 3. The fraction of sp³-hybridized carbons (Fsp3) is 0.565. The van der Waals surface area contributed by atoms with E-state index in [2.05, 4.69) is 42.5 Å². The SMILES string of the molecule is CC(C)CC(CNC(=O)OC(C)(C)C)C(=O)NC1(C)C(=O)NC(CC(N)=O)C(=O)NC2C(=O)NC3CCC(=O)NC(C(=O)CC(C(=O)NC4C5CC6CC(C5)CC4C6)c4cc(O)cc(O)c4-c4cc3ccc4O)C(CO)c3ccc(c(Cl)c3)Oc3cc2cc(c3OC2OC(CO)C(O)C(O)C2OC2CC(C)(NC(=O)OC(C)(C)C)C(O)C(C)O2)Oc2ccc(cc2Cl)C1(C)O. The van der Waals surface area contributed by atoms with E-state index in [1.807, 2.05) is 0 Å². The second-order valence-electron chi connectivity index (χ2n) is 38.6. The summed E-state index contributed by atoms with van der Waals surface area (Å²) in [6.45, 7) is 16.1. The van der Waals surface area contributed by atoms with Gasteiger partial charge in [0.25, 0.3) is 0 Å². The minimum atomic E-state index is -2.71. The van der Waals surface area contributed by atoms with Crippen molar-refractivity contribution in [3.05, 3.63) is 117 Å². The van der Waals surface area contributed by atoms with Gasteiger partial charge in [-0.1, -0.05) is 55.2 Å². The lowest BCUT2D eigenvalue weighted by atomic mass is 9.54. The minimum absolute atomic E-state index is 0.0346. The number of nitrogens with one attached hydrogen (secondary N) is 8. The maximum absolute atomic E-state index is 16.7. The van der Waals surface area contributed by atoms with Gasteiger partial charge in [-0.25, -0.2) is 9.59 Å². The first-order chi connectivity index (χ1) is 61.0. The average Bonchev–Trinajstić information content (AvgIpc) is 0.758. The third-order valence-corrected chi connectivity index (χ3v) is 26.6. The lowest BCUT2D eigenvalue weighted by Crippen LogP contribution is -2.70. The molecule has 706 valence electrons. The van der Waals surface area contributed by atoms with E-state index in [-0.39, 0.29) is 86.7 Å². The van der Waals surface area contributed by atoms with Gasteiger partial charge in [-0.15, -0.1) is 0 Å². The van der Waals surface area contributed by atoms with Crippen molar-refractivity contribution in [3.63, 3.8) is 0 Å². The van der Waals surface area contributed by atoms with Crippen LogP contribution in [0.15, 0.2) is 78.9 Å². The molecule has 19 N–H and O–H groups in total. The molecule has 6 fully saturated rings. The van der Waals surface area contributed by atoms with Crippen LogP contribution in [0.25, 0.3) is 11.1 Å². The Morgan fingerprint density at radius 3 is 1.93 bits per heavy atom. The van der Waals surface area contributed by atoms with Crippen LogP contribution in [0.1, 0.15) is 205 Å². The summed E-state index contributed by atoms with van der Waals surface area (Å²) >= 11 is 14.8. The van der Waals surface area contributed by atoms with Gasteiger partial charge < -0.3 is 132 Å². The first kappa shape index (κ1) is 97.2. The Bertz CT molecular complexity index is 5150. The third kappa shape index (κ3) is 21.2. The largest absolute Gasteiger partial charge is 0.508 e. The highest BCUT2D eigenvalue weighted by molar-refractivity contribution is 6.32. The van der Waals surface area contributed by atoms with Crippen LogP contribution in [0, 0.1) is 35.5 Å². The van der Waals surface area contributed by atoms with Crippen molar-refractivity contribution in [3.8, 4) is 57.1 Å². The maximum atomic E-state index is 16.7. The van der Waals surface area contributed by atoms with Crippen LogP contribution >= 0.6 is 23.2 Å². The number of aliphatic hydroxyl groups is 6. The number of fused-ring (bicyclic) bond motifs is 15. The van der Waals surface area contributed by atoms with Crippen LogP contribution in [-0.2, 0) is 67.6 Å². The third-order valence-electron chi connectivity index (χ3n) is 26.0. The van der Waals surface area contributed by atoms with Gasteiger partial charge in [0.15, 0.2) is 29.7 Å². The van der Waals surface area contributed by atoms with E-state index in [1.165, 1.54) is 68.4 Å². The highest BCUT2D eigenvalue weighted by Gasteiger charge is 2.57. The lowest BCUT2D eigenvalue weighted by molar-refractivity contribution is -0.334. The summed E-state index contributed by atoms with van der Waals surface area (Å²) in [4.78, 5) is 151. The van der Waals surface area contributed by atoms with Crippen LogP contribution in [-0.4, -0.2) is 215 Å². The first-order valence-electron chi connectivity index (χ1n) is 43.8. The zero-order valence-corrected chi connectivity index (χ0v) is 75.7. The number of alkyl carbamates (subject to hydrolysis) is 2. The van der Waals surface area contributed by atoms with Gasteiger partial charge in [0.2, 0.25) is 53.4 Å². The number of aromatic hydroxyl groups is 3. The van der Waals surface area contributed by atoms with Crippen molar-refractivity contribution < 1.29 is 132 Å². The molecule has 5 aromatic rings. The molecule has 0 aromatic heterocycles. The van der Waals surface area contributed by atoms with Gasteiger partial charge in [0, 0.05) is 55.0 Å². The number of aliphatic hydroxyl groups excluding tert-OH is 5. The lowest BCUT2D eigenvalue weighted by Gasteiger charge is -2.54. The number of halogens is 2. The highest BCUT2D eigenvalue weighted by atomic mass is 35.5. The molecule has 18 unspecified atom stereocenters. The highest BCUT2D eigenvalue weighted by Crippen LogP contribution is 2.56. The molecule has 9 amide bonds. The second kappa shape index (κ2) is 38.4. The topological polar surface area (TPSA) is 549 Å². The van der Waals surface area contributed by atoms with Crippen molar-refractivity contribution >= 4 is 82.5 Å². The summed E-state index contributed by atoms with van der Waals surface area (Å²) in [6, 6.07) is 7.51. The number of benzene rings is 5. The maximum Gasteiger partial charge on any atom is 0.408 e. The summed E-state index contributed by atoms with van der Waals surface area (Å²) in [6.07, 6.45) is -14.8. The van der Waals surface area contributed by atoms with Crippen molar-refractivity contribution in [1.29, 1.82) is 0 Å². The average molecular weight is 1850 g/mol. The Labute approximate surface area is 760 Å². The van der Waals surface area contributed by atoms with E-state index in [4.69, 9.17) is 66.8 Å². The number of primary amides is 1. The molecule has 5 aromatic carbocycles. The first-order valence-corrected chi connectivity index (χ1v) is 44.5. The monoisotopic (exact) mass is 1850 g/mol. The smallest absolute Gasteiger partial charge is 0.408 e. The van der Waals surface area contributed by atoms with Crippen LogP contribution < -0.4 is 62.5 Å². The molecule has 130 heavy (non-hydrogen) atoms. The molecule has 36 nitrogen and oxygen atoms in total. The predicted octanol–water partition coefficient (Wildman–Crippen LogP) is 7.35. The molecule has 18 atom stereocenters. The Hall–Kier alpha value is -10.4. The molecular weight excluding hydrogens is 1730 g/mol. The zero-order chi connectivity index (χ0) is 94.6. The number of hydrogen-bond acceptors (Lipinski definition) is 27. The van der Waals surface area contributed by atoms with E-state index in [0.29, 0.717) is 11.8 Å².